The number of nitrogens with one attached hydrogen (secondary N) is 1. The van der Waals surface area contributed by atoms with Crippen LogP contribution in [0.15, 0.2) is 27.1 Å². The maximum atomic E-state index is 11.9. The smallest absolute Gasteiger partial charge is 0.327 e. The number of likely N-dealkylation sites (N-methyl/N-ethyl adjacent to an activating group) is 1. The number of halogens is 2. The molecule has 1 aromatic carbocycles. The summed E-state index contributed by atoms with van der Waals surface area (Å²) in [5.74, 6) is -0.284. The summed E-state index contributed by atoms with van der Waals surface area (Å²) in [6.45, 7) is 1.56. The van der Waals surface area contributed by atoms with E-state index in [4.69, 9.17) is 4.74 Å². The van der Waals surface area contributed by atoms with Crippen molar-refractivity contribution < 1.29 is 9.53 Å². The van der Waals surface area contributed by atoms with E-state index >= 15 is 0 Å². The fraction of sp³-hybridized carbons (Fsp3) is 0.462. The highest BCUT2D eigenvalue weighted by atomic mass is 79.9. The van der Waals surface area contributed by atoms with Gasteiger partial charge in [-0.3, -0.25) is 5.32 Å². The number of benzene rings is 1. The molecule has 0 amide bonds. The van der Waals surface area contributed by atoms with Crippen LogP contribution in [0, 0.1) is 0 Å². The van der Waals surface area contributed by atoms with E-state index in [9.17, 15) is 4.79 Å². The first-order valence-electron chi connectivity index (χ1n) is 5.86. The van der Waals surface area contributed by atoms with Gasteiger partial charge in [0.15, 0.2) is 0 Å². The van der Waals surface area contributed by atoms with E-state index in [1.807, 2.05) is 32.3 Å². The van der Waals surface area contributed by atoms with Gasteiger partial charge < -0.3 is 9.64 Å². The monoisotopic (exact) mass is 392 g/mol. The molecule has 1 rings (SSSR count). The summed E-state index contributed by atoms with van der Waals surface area (Å²) in [7, 11) is 5.38. The Morgan fingerprint density at radius 2 is 2.05 bits per heavy atom. The second-order valence-electron chi connectivity index (χ2n) is 4.39. The SMILES string of the molecule is COC(=O)C(NCCN(C)C)c1ccc(Br)c(Br)c1. The lowest BCUT2D eigenvalue weighted by molar-refractivity contribution is -0.143. The van der Waals surface area contributed by atoms with Gasteiger partial charge in [-0.25, -0.2) is 4.79 Å². The molecule has 4 nitrogen and oxygen atoms in total. The zero-order valence-electron chi connectivity index (χ0n) is 11.2. The molecule has 0 aliphatic rings. The van der Waals surface area contributed by atoms with Gasteiger partial charge in [-0.1, -0.05) is 6.07 Å². The van der Waals surface area contributed by atoms with Crippen LogP contribution in [-0.4, -0.2) is 45.2 Å². The Bertz CT molecular complexity index is 439. The molecule has 0 aliphatic heterocycles. The molecule has 106 valence electrons. The third-order valence-electron chi connectivity index (χ3n) is 2.62. The van der Waals surface area contributed by atoms with Crippen LogP contribution in [0.5, 0.6) is 0 Å². The lowest BCUT2D eigenvalue weighted by atomic mass is 10.1. The van der Waals surface area contributed by atoms with E-state index in [1.54, 1.807) is 0 Å². The Hall–Kier alpha value is -0.430. The van der Waals surface area contributed by atoms with Crippen molar-refractivity contribution in [1.82, 2.24) is 10.2 Å². The van der Waals surface area contributed by atoms with Crippen LogP contribution in [0.25, 0.3) is 0 Å². The van der Waals surface area contributed by atoms with Crippen LogP contribution in [0.3, 0.4) is 0 Å². The zero-order chi connectivity index (χ0) is 14.4. The first kappa shape index (κ1) is 16.6. The van der Waals surface area contributed by atoms with Crippen LogP contribution in [0.1, 0.15) is 11.6 Å². The molecule has 1 unspecified atom stereocenters. The summed E-state index contributed by atoms with van der Waals surface area (Å²) < 4.78 is 6.71. The van der Waals surface area contributed by atoms with Crippen molar-refractivity contribution in [3.63, 3.8) is 0 Å². The Balaban J connectivity index is 2.83. The van der Waals surface area contributed by atoms with Crippen LogP contribution in [0.2, 0.25) is 0 Å². The average molecular weight is 394 g/mol. The van der Waals surface area contributed by atoms with Gasteiger partial charge in [0.2, 0.25) is 0 Å². The van der Waals surface area contributed by atoms with Crippen LogP contribution in [-0.2, 0) is 9.53 Å². The molecule has 1 N–H and O–H groups in total. The summed E-state index contributed by atoms with van der Waals surface area (Å²) in [6, 6.07) is 5.27. The first-order valence-corrected chi connectivity index (χ1v) is 7.45. The molecule has 0 heterocycles. The van der Waals surface area contributed by atoms with Gasteiger partial charge in [0.05, 0.1) is 7.11 Å². The molecule has 0 spiro atoms. The third kappa shape index (κ3) is 5.22. The van der Waals surface area contributed by atoms with Gasteiger partial charge in [-0.15, -0.1) is 0 Å². The van der Waals surface area contributed by atoms with Crippen molar-refractivity contribution in [1.29, 1.82) is 0 Å². The Kier molecular flexibility index (Phi) is 6.99. The zero-order valence-corrected chi connectivity index (χ0v) is 14.4. The van der Waals surface area contributed by atoms with Crippen LogP contribution >= 0.6 is 31.9 Å². The molecule has 0 aliphatic carbocycles. The minimum absolute atomic E-state index is 0.284. The minimum atomic E-state index is -0.450. The average Bonchev–Trinajstić information content (AvgIpc) is 2.37. The normalized spacial score (nSPS) is 12.5. The number of nitrogens with zero attached hydrogens (tertiary/aromatic N) is 1. The summed E-state index contributed by atoms with van der Waals surface area (Å²) in [5.41, 5.74) is 0.876. The van der Waals surface area contributed by atoms with Crippen molar-refractivity contribution in [2.45, 2.75) is 6.04 Å². The third-order valence-corrected chi connectivity index (χ3v) is 4.50. The van der Waals surface area contributed by atoms with Crippen molar-refractivity contribution >= 4 is 37.8 Å². The molecule has 0 bridgehead atoms. The first-order chi connectivity index (χ1) is 8.95. The summed E-state index contributed by atoms with van der Waals surface area (Å²) in [4.78, 5) is 13.9. The van der Waals surface area contributed by atoms with E-state index < -0.39 is 6.04 Å². The van der Waals surface area contributed by atoms with Gasteiger partial charge in [0.1, 0.15) is 6.04 Å². The fourth-order valence-corrected chi connectivity index (χ4v) is 2.22. The molecule has 0 saturated carbocycles. The Morgan fingerprint density at radius 3 is 2.58 bits per heavy atom. The number of rotatable bonds is 6. The number of ether oxygens (including phenoxy) is 1. The molecule has 19 heavy (non-hydrogen) atoms. The topological polar surface area (TPSA) is 41.6 Å². The van der Waals surface area contributed by atoms with E-state index in [2.05, 4.69) is 42.1 Å². The summed E-state index contributed by atoms with van der Waals surface area (Å²) in [6.07, 6.45) is 0. The molecule has 0 saturated heterocycles. The molecular weight excluding hydrogens is 376 g/mol. The van der Waals surface area contributed by atoms with E-state index in [-0.39, 0.29) is 5.97 Å². The largest absolute Gasteiger partial charge is 0.468 e. The number of carbonyl (C=O) groups is 1. The predicted molar refractivity (Wildman–Crippen MR) is 83.2 cm³/mol. The van der Waals surface area contributed by atoms with E-state index in [1.165, 1.54) is 7.11 Å². The Labute approximate surface area is 130 Å². The molecule has 1 atom stereocenters. The quantitative estimate of drug-likeness (QED) is 0.754. The van der Waals surface area contributed by atoms with Gasteiger partial charge in [0, 0.05) is 22.0 Å². The fourth-order valence-electron chi connectivity index (χ4n) is 1.58. The molecular formula is C13H18Br2N2O2. The van der Waals surface area contributed by atoms with Crippen molar-refractivity contribution in [2.24, 2.45) is 0 Å². The van der Waals surface area contributed by atoms with Crippen molar-refractivity contribution in [3.05, 3.63) is 32.7 Å². The molecule has 0 radical (unpaired) electrons. The number of hydrogen-bond acceptors (Lipinski definition) is 4. The molecule has 0 aromatic heterocycles. The highest BCUT2D eigenvalue weighted by Crippen LogP contribution is 2.27. The predicted octanol–water partition coefficient (Wildman–Crippen LogP) is 2.58. The maximum absolute atomic E-state index is 11.9. The van der Waals surface area contributed by atoms with Gasteiger partial charge in [-0.2, -0.15) is 0 Å². The van der Waals surface area contributed by atoms with Crippen molar-refractivity contribution in [2.75, 3.05) is 34.3 Å². The molecule has 1 aromatic rings. The maximum Gasteiger partial charge on any atom is 0.327 e. The van der Waals surface area contributed by atoms with Gasteiger partial charge in [-0.05, 0) is 63.7 Å². The van der Waals surface area contributed by atoms with E-state index in [0.29, 0.717) is 6.54 Å². The Morgan fingerprint density at radius 1 is 1.37 bits per heavy atom. The highest BCUT2D eigenvalue weighted by Gasteiger charge is 2.21. The van der Waals surface area contributed by atoms with E-state index in [0.717, 1.165) is 21.1 Å². The lowest BCUT2D eigenvalue weighted by Gasteiger charge is -2.19. The highest BCUT2D eigenvalue weighted by molar-refractivity contribution is 9.13. The van der Waals surface area contributed by atoms with Crippen LogP contribution < -0.4 is 5.32 Å². The standard InChI is InChI=1S/C13H18Br2N2O2/c1-17(2)7-6-16-12(13(18)19-3)9-4-5-10(14)11(15)8-9/h4-5,8,12,16H,6-7H2,1-3H3. The van der Waals surface area contributed by atoms with Crippen LogP contribution in [0.4, 0.5) is 0 Å². The lowest BCUT2D eigenvalue weighted by Crippen LogP contribution is -2.34. The number of carbonyl (C=O) groups excluding carboxylic acids is 1. The minimum Gasteiger partial charge on any atom is -0.468 e. The number of methoxy groups -OCH3 is 1. The number of hydrogen-bond donors (Lipinski definition) is 1. The molecule has 0 fully saturated rings. The summed E-state index contributed by atoms with van der Waals surface area (Å²) >= 11 is 6.86. The second-order valence-corrected chi connectivity index (χ2v) is 6.10. The molecule has 6 heteroatoms. The summed E-state index contributed by atoms with van der Waals surface area (Å²) in [5, 5.41) is 3.21. The van der Waals surface area contributed by atoms with Gasteiger partial charge in [0.25, 0.3) is 0 Å². The number of esters is 1. The van der Waals surface area contributed by atoms with Crippen molar-refractivity contribution in [3.8, 4) is 0 Å². The second kappa shape index (κ2) is 7.99. The van der Waals surface area contributed by atoms with Gasteiger partial charge >= 0.3 is 5.97 Å².